The number of methoxy groups -OCH3 is 1. The van der Waals surface area contributed by atoms with Crippen LogP contribution in [0, 0.1) is 12.7 Å². The van der Waals surface area contributed by atoms with Gasteiger partial charge in [0.2, 0.25) is 9.84 Å². The van der Waals surface area contributed by atoms with Gasteiger partial charge >= 0.3 is 5.97 Å². The fourth-order valence-corrected chi connectivity index (χ4v) is 4.25. The van der Waals surface area contributed by atoms with E-state index in [2.05, 4.69) is 20.7 Å². The Labute approximate surface area is 152 Å². The predicted molar refractivity (Wildman–Crippen MR) is 94.7 cm³/mol. The molecule has 0 atom stereocenters. The van der Waals surface area contributed by atoms with Gasteiger partial charge in [-0.25, -0.2) is 17.6 Å². The average Bonchev–Trinajstić information content (AvgIpc) is 2.56. The number of anilines is 2. The van der Waals surface area contributed by atoms with E-state index in [1.165, 1.54) is 4.90 Å². The van der Waals surface area contributed by atoms with E-state index in [9.17, 15) is 17.6 Å². The molecule has 0 amide bonds. The molecule has 0 spiro atoms. The SMILES string of the molecule is COC(=O)C1=CN(c2ccc(Br)c(C)c2)c2cc(F)ccc2S1(=O)=O. The number of nitrogens with zero attached hydrogens (tertiary/aromatic N) is 1. The van der Waals surface area contributed by atoms with Crippen molar-refractivity contribution in [2.24, 2.45) is 0 Å². The van der Waals surface area contributed by atoms with Crippen molar-refractivity contribution in [3.8, 4) is 0 Å². The number of rotatable bonds is 2. The Bertz CT molecular complexity index is 1020. The third kappa shape index (κ3) is 2.96. The van der Waals surface area contributed by atoms with Crippen molar-refractivity contribution >= 4 is 43.1 Å². The Hall–Kier alpha value is -2.19. The minimum atomic E-state index is -4.10. The highest BCUT2D eigenvalue weighted by Crippen LogP contribution is 2.40. The summed E-state index contributed by atoms with van der Waals surface area (Å²) >= 11 is 3.40. The third-order valence-electron chi connectivity index (χ3n) is 3.81. The quantitative estimate of drug-likeness (QED) is 0.540. The number of ether oxygens (including phenoxy) is 1. The lowest BCUT2D eigenvalue weighted by atomic mass is 10.2. The molecule has 130 valence electrons. The molecule has 0 fully saturated rings. The first-order valence-corrected chi connectivity index (χ1v) is 9.43. The molecular formula is C17H13BrFNO4S. The summed E-state index contributed by atoms with van der Waals surface area (Å²) in [5.74, 6) is -1.56. The predicted octanol–water partition coefficient (Wildman–Crippen LogP) is 3.84. The zero-order chi connectivity index (χ0) is 18.4. The van der Waals surface area contributed by atoms with E-state index in [-0.39, 0.29) is 10.6 Å². The van der Waals surface area contributed by atoms with Crippen LogP contribution in [0.3, 0.4) is 0 Å². The van der Waals surface area contributed by atoms with Crippen LogP contribution in [0.1, 0.15) is 5.56 Å². The van der Waals surface area contributed by atoms with Crippen molar-refractivity contribution in [3.63, 3.8) is 0 Å². The fourth-order valence-electron chi connectivity index (χ4n) is 2.54. The molecule has 8 heteroatoms. The first-order chi connectivity index (χ1) is 11.8. The zero-order valence-corrected chi connectivity index (χ0v) is 15.7. The standard InChI is InChI=1S/C17H13BrFNO4S/c1-10-7-12(4-5-13(10)18)20-9-16(17(21)24-2)25(22,23)15-6-3-11(19)8-14(15)20/h3-9H,1-2H3. The second kappa shape index (κ2) is 6.27. The monoisotopic (exact) mass is 425 g/mol. The van der Waals surface area contributed by atoms with Crippen molar-refractivity contribution in [1.29, 1.82) is 0 Å². The number of hydrogen-bond donors (Lipinski definition) is 0. The van der Waals surface area contributed by atoms with Gasteiger partial charge in [0, 0.05) is 16.4 Å². The highest BCUT2D eigenvalue weighted by molar-refractivity contribution is 9.10. The summed E-state index contributed by atoms with van der Waals surface area (Å²) in [4.78, 5) is 12.8. The molecular weight excluding hydrogens is 413 g/mol. The van der Waals surface area contributed by atoms with Gasteiger partial charge in [0.1, 0.15) is 5.82 Å². The van der Waals surface area contributed by atoms with E-state index < -0.39 is 26.5 Å². The molecule has 0 saturated carbocycles. The lowest BCUT2D eigenvalue weighted by Gasteiger charge is -2.28. The number of hydrogen-bond acceptors (Lipinski definition) is 5. The van der Waals surface area contributed by atoms with Crippen LogP contribution in [0.15, 0.2) is 56.9 Å². The van der Waals surface area contributed by atoms with Crippen molar-refractivity contribution in [2.75, 3.05) is 12.0 Å². The van der Waals surface area contributed by atoms with Gasteiger partial charge in [-0.3, -0.25) is 0 Å². The van der Waals surface area contributed by atoms with Gasteiger partial charge < -0.3 is 9.64 Å². The lowest BCUT2D eigenvalue weighted by molar-refractivity contribution is -0.135. The molecule has 0 aliphatic carbocycles. The second-order valence-corrected chi connectivity index (χ2v) is 8.14. The van der Waals surface area contributed by atoms with Crippen LogP contribution in [0.2, 0.25) is 0 Å². The number of halogens is 2. The molecule has 25 heavy (non-hydrogen) atoms. The normalized spacial score (nSPS) is 15.4. The summed E-state index contributed by atoms with van der Waals surface area (Å²) < 4.78 is 44.6. The smallest absolute Gasteiger partial charge is 0.351 e. The van der Waals surface area contributed by atoms with Crippen LogP contribution in [0.5, 0.6) is 0 Å². The number of benzene rings is 2. The van der Waals surface area contributed by atoms with Crippen LogP contribution in [-0.2, 0) is 19.4 Å². The lowest BCUT2D eigenvalue weighted by Crippen LogP contribution is -2.26. The summed E-state index contributed by atoms with van der Waals surface area (Å²) in [6, 6.07) is 8.63. The summed E-state index contributed by atoms with van der Waals surface area (Å²) in [7, 11) is -3.00. The first kappa shape index (κ1) is 17.6. The molecule has 2 aromatic rings. The first-order valence-electron chi connectivity index (χ1n) is 7.16. The van der Waals surface area contributed by atoms with Gasteiger partial charge in [0.25, 0.3) is 0 Å². The molecule has 0 aromatic heterocycles. The molecule has 0 saturated heterocycles. The van der Waals surface area contributed by atoms with E-state index in [4.69, 9.17) is 0 Å². The summed E-state index contributed by atoms with van der Waals surface area (Å²) in [5, 5.41) is 0. The van der Waals surface area contributed by atoms with Crippen molar-refractivity contribution < 1.29 is 22.3 Å². The van der Waals surface area contributed by atoms with Gasteiger partial charge in [-0.2, -0.15) is 0 Å². The maximum atomic E-state index is 13.8. The molecule has 1 aliphatic rings. The maximum Gasteiger partial charge on any atom is 0.351 e. The summed E-state index contributed by atoms with van der Waals surface area (Å²) in [6.07, 6.45) is 1.16. The maximum absolute atomic E-state index is 13.8. The number of aryl methyl sites for hydroxylation is 1. The fraction of sp³-hybridized carbons (Fsp3) is 0.118. The van der Waals surface area contributed by atoms with E-state index in [0.717, 1.165) is 41.5 Å². The molecule has 3 rings (SSSR count). The topological polar surface area (TPSA) is 63.7 Å². The Morgan fingerprint density at radius 1 is 1.20 bits per heavy atom. The van der Waals surface area contributed by atoms with Gasteiger partial charge in [-0.15, -0.1) is 0 Å². The van der Waals surface area contributed by atoms with Crippen LogP contribution in [0.25, 0.3) is 0 Å². The Morgan fingerprint density at radius 2 is 1.92 bits per heavy atom. The van der Waals surface area contributed by atoms with Crippen LogP contribution >= 0.6 is 15.9 Å². The number of esters is 1. The Balaban J connectivity index is 2.30. The molecule has 1 aliphatic heterocycles. The van der Waals surface area contributed by atoms with Crippen LogP contribution < -0.4 is 4.90 Å². The minimum Gasteiger partial charge on any atom is -0.465 e. The molecule has 0 bridgehead atoms. The zero-order valence-electron chi connectivity index (χ0n) is 13.3. The highest BCUT2D eigenvalue weighted by Gasteiger charge is 2.36. The second-order valence-electron chi connectivity index (χ2n) is 5.40. The van der Waals surface area contributed by atoms with Gasteiger partial charge in [0.05, 0.1) is 17.7 Å². The Morgan fingerprint density at radius 3 is 2.56 bits per heavy atom. The summed E-state index contributed by atoms with van der Waals surface area (Å²) in [6.45, 7) is 1.87. The molecule has 0 unspecified atom stereocenters. The van der Waals surface area contributed by atoms with Crippen molar-refractivity contribution in [2.45, 2.75) is 11.8 Å². The third-order valence-corrected chi connectivity index (χ3v) is 6.48. The molecule has 0 radical (unpaired) electrons. The molecule has 5 nitrogen and oxygen atoms in total. The van der Waals surface area contributed by atoms with Gasteiger partial charge in [-0.05, 0) is 48.9 Å². The average molecular weight is 426 g/mol. The largest absolute Gasteiger partial charge is 0.465 e. The number of sulfone groups is 1. The van der Waals surface area contributed by atoms with Gasteiger partial charge in [0.15, 0.2) is 4.91 Å². The van der Waals surface area contributed by atoms with Crippen molar-refractivity contribution in [3.05, 3.63) is 63.4 Å². The van der Waals surface area contributed by atoms with Gasteiger partial charge in [-0.1, -0.05) is 15.9 Å². The number of fused-ring (bicyclic) bond motifs is 1. The van der Waals surface area contributed by atoms with Crippen LogP contribution in [0.4, 0.5) is 15.8 Å². The van der Waals surface area contributed by atoms with Crippen molar-refractivity contribution in [1.82, 2.24) is 0 Å². The van der Waals surface area contributed by atoms with E-state index in [1.54, 1.807) is 18.2 Å². The summed E-state index contributed by atoms with van der Waals surface area (Å²) in [5.41, 5.74) is 1.62. The molecule has 0 N–H and O–H groups in total. The van der Waals surface area contributed by atoms with E-state index in [1.807, 2.05) is 6.92 Å². The number of carbonyl (C=O) groups excluding carboxylic acids is 1. The Kier molecular flexibility index (Phi) is 4.42. The highest BCUT2D eigenvalue weighted by atomic mass is 79.9. The molecule has 1 heterocycles. The van der Waals surface area contributed by atoms with E-state index in [0.29, 0.717) is 5.69 Å². The van der Waals surface area contributed by atoms with E-state index >= 15 is 0 Å². The van der Waals surface area contributed by atoms with Crippen LogP contribution in [-0.4, -0.2) is 21.5 Å². The minimum absolute atomic E-state index is 0.134. The molecule has 2 aromatic carbocycles. The number of carbonyl (C=O) groups is 1.